The van der Waals surface area contributed by atoms with Gasteiger partial charge in [-0.1, -0.05) is 0 Å². The number of rotatable bonds is 2. The molecule has 0 atom stereocenters. The van der Waals surface area contributed by atoms with Gasteiger partial charge in [0.05, 0.1) is 6.20 Å². The molecule has 0 aliphatic rings. The zero-order chi connectivity index (χ0) is 10.8. The van der Waals surface area contributed by atoms with Crippen LogP contribution in [0.4, 0.5) is 0 Å². The topological polar surface area (TPSA) is 84.1 Å². The molecule has 15 heavy (non-hydrogen) atoms. The van der Waals surface area contributed by atoms with E-state index in [9.17, 15) is 0 Å². The predicted molar refractivity (Wildman–Crippen MR) is 53.7 cm³/mol. The van der Waals surface area contributed by atoms with Gasteiger partial charge < -0.3 is 10.0 Å². The predicted octanol–water partition coefficient (Wildman–Crippen LogP) is -1.35. The van der Waals surface area contributed by atoms with E-state index in [0.29, 0.717) is 5.95 Å². The Morgan fingerprint density at radius 3 is 2.33 bits per heavy atom. The number of hydrogen-bond donors (Lipinski definition) is 2. The maximum absolute atomic E-state index is 8.84. The molecule has 0 saturated carbocycles. The van der Waals surface area contributed by atoms with Crippen molar-refractivity contribution in [3.05, 3.63) is 30.4 Å². The van der Waals surface area contributed by atoms with Crippen LogP contribution in [0, 0.1) is 6.92 Å². The Morgan fingerprint density at radius 1 is 1.20 bits per heavy atom. The van der Waals surface area contributed by atoms with Crippen LogP contribution in [0.15, 0.2) is 24.8 Å². The van der Waals surface area contributed by atoms with E-state index >= 15 is 0 Å². The molecular formula is C8H9BN4O2. The Bertz CT molecular complexity index is 454. The van der Waals surface area contributed by atoms with Crippen molar-refractivity contribution in [1.29, 1.82) is 0 Å². The lowest BCUT2D eigenvalue weighted by Crippen LogP contribution is -2.31. The highest BCUT2D eigenvalue weighted by molar-refractivity contribution is 6.58. The third-order valence-electron chi connectivity index (χ3n) is 1.87. The highest BCUT2D eigenvalue weighted by Crippen LogP contribution is 1.99. The molecule has 0 amide bonds. The van der Waals surface area contributed by atoms with Crippen LogP contribution in [0.2, 0.25) is 0 Å². The van der Waals surface area contributed by atoms with Gasteiger partial charge in [-0.15, -0.1) is 0 Å². The summed E-state index contributed by atoms with van der Waals surface area (Å²) in [5.74, 6) is 0.396. The molecule has 0 aromatic carbocycles. The summed E-state index contributed by atoms with van der Waals surface area (Å²) in [5, 5.41) is 21.7. The molecule has 0 aliphatic heterocycles. The van der Waals surface area contributed by atoms with Crippen molar-refractivity contribution in [2.45, 2.75) is 6.92 Å². The summed E-state index contributed by atoms with van der Waals surface area (Å²) in [5.41, 5.74) is 1.26. The average molecular weight is 204 g/mol. The van der Waals surface area contributed by atoms with Crippen LogP contribution in [0.1, 0.15) is 5.56 Å². The second-order valence-corrected chi connectivity index (χ2v) is 3.15. The van der Waals surface area contributed by atoms with Gasteiger partial charge >= 0.3 is 7.12 Å². The fourth-order valence-electron chi connectivity index (χ4n) is 1.11. The number of hydrogen-bond acceptors (Lipinski definition) is 5. The quantitative estimate of drug-likeness (QED) is 0.591. The van der Waals surface area contributed by atoms with E-state index < -0.39 is 7.12 Å². The molecule has 0 fully saturated rings. The SMILES string of the molecule is Cc1cnn(-c2ncc(B(O)O)cn2)c1. The van der Waals surface area contributed by atoms with Gasteiger partial charge in [-0.25, -0.2) is 14.6 Å². The van der Waals surface area contributed by atoms with E-state index in [1.54, 1.807) is 12.4 Å². The lowest BCUT2D eigenvalue weighted by Gasteiger charge is -2.00. The smallest absolute Gasteiger partial charge is 0.423 e. The number of aromatic nitrogens is 4. The van der Waals surface area contributed by atoms with Crippen molar-refractivity contribution in [2.24, 2.45) is 0 Å². The minimum absolute atomic E-state index is 0.252. The molecule has 0 spiro atoms. The first-order chi connectivity index (χ1) is 7.16. The normalized spacial score (nSPS) is 10.3. The third-order valence-corrected chi connectivity index (χ3v) is 1.87. The lowest BCUT2D eigenvalue weighted by atomic mass is 9.83. The molecule has 0 bridgehead atoms. The van der Waals surface area contributed by atoms with Crippen LogP contribution in [0.25, 0.3) is 5.95 Å². The first-order valence-corrected chi connectivity index (χ1v) is 4.36. The van der Waals surface area contributed by atoms with Gasteiger partial charge in [0.15, 0.2) is 0 Å². The second-order valence-electron chi connectivity index (χ2n) is 3.15. The van der Waals surface area contributed by atoms with Crippen molar-refractivity contribution in [3.8, 4) is 5.95 Å². The van der Waals surface area contributed by atoms with Crippen molar-refractivity contribution >= 4 is 12.6 Å². The van der Waals surface area contributed by atoms with E-state index in [2.05, 4.69) is 15.1 Å². The Kier molecular flexibility index (Phi) is 2.48. The molecule has 7 heteroatoms. The van der Waals surface area contributed by atoms with Crippen LogP contribution in [0.5, 0.6) is 0 Å². The van der Waals surface area contributed by atoms with Crippen molar-refractivity contribution in [2.75, 3.05) is 0 Å². The van der Waals surface area contributed by atoms with Gasteiger partial charge in [0.2, 0.25) is 5.95 Å². The maximum Gasteiger partial charge on any atom is 0.491 e. The van der Waals surface area contributed by atoms with Gasteiger partial charge in [-0.05, 0) is 12.5 Å². The fourth-order valence-corrected chi connectivity index (χ4v) is 1.11. The molecular weight excluding hydrogens is 195 g/mol. The minimum atomic E-state index is -1.54. The largest absolute Gasteiger partial charge is 0.491 e. The van der Waals surface area contributed by atoms with Crippen LogP contribution in [-0.4, -0.2) is 36.9 Å². The van der Waals surface area contributed by atoms with E-state index in [0.717, 1.165) is 5.56 Å². The van der Waals surface area contributed by atoms with Gasteiger partial charge in [0.25, 0.3) is 0 Å². The molecule has 2 aromatic heterocycles. The van der Waals surface area contributed by atoms with E-state index in [1.165, 1.54) is 17.1 Å². The Labute approximate surface area is 86.4 Å². The molecule has 76 valence electrons. The van der Waals surface area contributed by atoms with Gasteiger partial charge in [-0.2, -0.15) is 5.10 Å². The second kappa shape index (κ2) is 3.80. The Hall–Kier alpha value is -1.73. The molecule has 2 aromatic rings. The standard InChI is InChI=1S/C8H9BN4O2/c1-6-2-12-13(5-6)8-10-3-7(4-11-8)9(14)15/h2-5,14-15H,1H3. The van der Waals surface area contributed by atoms with Gasteiger partial charge in [-0.3, -0.25) is 0 Å². The van der Waals surface area contributed by atoms with Crippen LogP contribution in [-0.2, 0) is 0 Å². The lowest BCUT2D eigenvalue weighted by molar-refractivity contribution is 0.425. The summed E-state index contributed by atoms with van der Waals surface area (Å²) >= 11 is 0. The first-order valence-electron chi connectivity index (χ1n) is 4.36. The average Bonchev–Trinajstić information content (AvgIpc) is 2.65. The summed E-state index contributed by atoms with van der Waals surface area (Å²) in [6.45, 7) is 1.91. The maximum atomic E-state index is 8.84. The molecule has 0 radical (unpaired) electrons. The van der Waals surface area contributed by atoms with E-state index in [-0.39, 0.29) is 5.46 Å². The zero-order valence-electron chi connectivity index (χ0n) is 8.07. The Balaban J connectivity index is 2.31. The van der Waals surface area contributed by atoms with Crippen LogP contribution >= 0.6 is 0 Å². The summed E-state index contributed by atoms with van der Waals surface area (Å²) in [4.78, 5) is 7.91. The van der Waals surface area contributed by atoms with Crippen molar-refractivity contribution < 1.29 is 10.0 Å². The highest BCUT2D eigenvalue weighted by Gasteiger charge is 2.12. The summed E-state index contributed by atoms with van der Waals surface area (Å²) in [7, 11) is -1.54. The summed E-state index contributed by atoms with van der Waals surface area (Å²) < 4.78 is 1.52. The fraction of sp³-hybridized carbons (Fsp3) is 0.125. The summed E-state index contributed by atoms with van der Waals surface area (Å²) in [6.07, 6.45) is 6.18. The Morgan fingerprint density at radius 2 is 1.87 bits per heavy atom. The molecule has 0 saturated heterocycles. The summed E-state index contributed by atoms with van der Waals surface area (Å²) in [6, 6.07) is 0. The molecule has 2 heterocycles. The first kappa shape index (κ1) is 9.82. The monoisotopic (exact) mass is 204 g/mol. The minimum Gasteiger partial charge on any atom is -0.423 e. The number of nitrogens with zero attached hydrogens (tertiary/aromatic N) is 4. The molecule has 2 N–H and O–H groups in total. The molecule has 6 nitrogen and oxygen atoms in total. The van der Waals surface area contributed by atoms with Crippen molar-refractivity contribution in [1.82, 2.24) is 19.7 Å². The van der Waals surface area contributed by atoms with Gasteiger partial charge in [0.1, 0.15) is 0 Å². The van der Waals surface area contributed by atoms with Gasteiger partial charge in [0, 0.05) is 24.1 Å². The van der Waals surface area contributed by atoms with Crippen LogP contribution in [0.3, 0.4) is 0 Å². The number of aryl methyl sites for hydroxylation is 1. The van der Waals surface area contributed by atoms with E-state index in [4.69, 9.17) is 10.0 Å². The molecule has 2 rings (SSSR count). The highest BCUT2D eigenvalue weighted by atomic mass is 16.4. The molecule has 0 aliphatic carbocycles. The van der Waals surface area contributed by atoms with Crippen LogP contribution < -0.4 is 5.46 Å². The zero-order valence-corrected chi connectivity index (χ0v) is 8.07. The van der Waals surface area contributed by atoms with E-state index in [1.807, 2.05) is 6.92 Å². The van der Waals surface area contributed by atoms with Crippen molar-refractivity contribution in [3.63, 3.8) is 0 Å². The molecule has 0 unspecified atom stereocenters. The third kappa shape index (κ3) is 2.03.